The van der Waals surface area contributed by atoms with Crippen LogP contribution in [0.5, 0.6) is 0 Å². The maximum absolute atomic E-state index is 12.7. The molecule has 124 valence electrons. The zero-order valence-corrected chi connectivity index (χ0v) is 13.9. The number of hydrogen-bond donors (Lipinski definition) is 1. The summed E-state index contributed by atoms with van der Waals surface area (Å²) in [5.41, 5.74) is 2.63. The molecule has 1 heterocycles. The van der Waals surface area contributed by atoms with Crippen molar-refractivity contribution in [1.29, 1.82) is 0 Å². The topological polar surface area (TPSA) is 32.3 Å². The van der Waals surface area contributed by atoms with Crippen LogP contribution in [-0.2, 0) is 11.3 Å². The first-order valence-corrected chi connectivity index (χ1v) is 8.94. The lowest BCUT2D eigenvalue weighted by Gasteiger charge is -2.23. The zero-order valence-electron chi connectivity index (χ0n) is 13.9. The van der Waals surface area contributed by atoms with Gasteiger partial charge in [0.25, 0.3) is 0 Å². The fourth-order valence-corrected chi connectivity index (χ4v) is 3.83. The van der Waals surface area contributed by atoms with Crippen LogP contribution in [-0.4, -0.2) is 29.4 Å². The number of hydrogen-bond acceptors (Lipinski definition) is 2. The SMILES string of the molecule is O=C(N[C@@H]1C[C@H]1c1ccccc1)[C@H]1CCCN1Cc1ccccc1. The van der Waals surface area contributed by atoms with Gasteiger partial charge < -0.3 is 5.32 Å². The molecular formula is C21H24N2O. The van der Waals surface area contributed by atoms with E-state index in [1.165, 1.54) is 11.1 Å². The van der Waals surface area contributed by atoms with Gasteiger partial charge in [0.05, 0.1) is 6.04 Å². The van der Waals surface area contributed by atoms with Crippen LogP contribution in [0.4, 0.5) is 0 Å². The molecule has 3 heteroatoms. The fourth-order valence-electron chi connectivity index (χ4n) is 3.83. The number of nitrogens with one attached hydrogen (secondary N) is 1. The second-order valence-corrected chi connectivity index (χ2v) is 6.98. The van der Waals surface area contributed by atoms with Crippen LogP contribution in [0.25, 0.3) is 0 Å². The molecule has 0 bridgehead atoms. The maximum atomic E-state index is 12.7. The molecule has 0 aromatic heterocycles. The van der Waals surface area contributed by atoms with Gasteiger partial charge in [0.1, 0.15) is 0 Å². The average Bonchev–Trinajstić information content (AvgIpc) is 3.23. The van der Waals surface area contributed by atoms with Crippen molar-refractivity contribution < 1.29 is 4.79 Å². The Labute approximate surface area is 143 Å². The first-order valence-electron chi connectivity index (χ1n) is 8.94. The summed E-state index contributed by atoms with van der Waals surface area (Å²) in [7, 11) is 0. The first-order chi connectivity index (χ1) is 11.8. The quantitative estimate of drug-likeness (QED) is 0.916. The summed E-state index contributed by atoms with van der Waals surface area (Å²) in [5.74, 6) is 0.714. The van der Waals surface area contributed by atoms with E-state index in [0.29, 0.717) is 12.0 Å². The molecule has 2 aliphatic rings. The van der Waals surface area contributed by atoms with Gasteiger partial charge in [0.15, 0.2) is 0 Å². The van der Waals surface area contributed by atoms with Gasteiger partial charge in [-0.15, -0.1) is 0 Å². The van der Waals surface area contributed by atoms with Gasteiger partial charge in [-0.2, -0.15) is 0 Å². The number of likely N-dealkylation sites (tertiary alicyclic amines) is 1. The summed E-state index contributed by atoms with van der Waals surface area (Å²) < 4.78 is 0. The van der Waals surface area contributed by atoms with Crippen molar-refractivity contribution in [2.75, 3.05) is 6.54 Å². The largest absolute Gasteiger partial charge is 0.351 e. The van der Waals surface area contributed by atoms with Gasteiger partial charge in [0.2, 0.25) is 5.91 Å². The highest BCUT2D eigenvalue weighted by Gasteiger charge is 2.41. The van der Waals surface area contributed by atoms with E-state index in [9.17, 15) is 4.79 Å². The molecule has 3 nitrogen and oxygen atoms in total. The summed E-state index contributed by atoms with van der Waals surface area (Å²) in [5, 5.41) is 3.28. The van der Waals surface area contributed by atoms with Crippen LogP contribution >= 0.6 is 0 Å². The number of carbonyl (C=O) groups is 1. The monoisotopic (exact) mass is 320 g/mol. The summed E-state index contributed by atoms with van der Waals surface area (Å²) >= 11 is 0. The van der Waals surface area contributed by atoms with Crippen molar-refractivity contribution in [3.8, 4) is 0 Å². The normalized spacial score (nSPS) is 26.2. The van der Waals surface area contributed by atoms with Crippen LogP contribution in [0.3, 0.4) is 0 Å². The maximum Gasteiger partial charge on any atom is 0.237 e. The molecule has 1 aliphatic heterocycles. The van der Waals surface area contributed by atoms with Gasteiger partial charge in [-0.05, 0) is 36.9 Å². The van der Waals surface area contributed by atoms with E-state index in [4.69, 9.17) is 0 Å². The summed E-state index contributed by atoms with van der Waals surface area (Å²) in [4.78, 5) is 15.0. The lowest BCUT2D eigenvalue weighted by Crippen LogP contribution is -2.43. The molecule has 1 aliphatic carbocycles. The Morgan fingerprint density at radius 3 is 2.50 bits per heavy atom. The molecule has 1 saturated heterocycles. The molecule has 2 aromatic carbocycles. The van der Waals surface area contributed by atoms with Crippen LogP contribution in [0.1, 0.15) is 36.3 Å². The predicted molar refractivity (Wildman–Crippen MR) is 95.6 cm³/mol. The molecule has 2 aromatic rings. The van der Waals surface area contributed by atoms with Gasteiger partial charge in [0, 0.05) is 18.5 Å². The molecule has 1 N–H and O–H groups in total. The van der Waals surface area contributed by atoms with Gasteiger partial charge in [-0.1, -0.05) is 60.7 Å². The van der Waals surface area contributed by atoms with E-state index in [-0.39, 0.29) is 11.9 Å². The molecule has 0 unspecified atom stereocenters. The Morgan fingerprint density at radius 1 is 1.04 bits per heavy atom. The van der Waals surface area contributed by atoms with Gasteiger partial charge >= 0.3 is 0 Å². The van der Waals surface area contributed by atoms with Crippen molar-refractivity contribution in [2.45, 2.75) is 43.8 Å². The predicted octanol–water partition coefficient (Wildman–Crippen LogP) is 3.32. The Balaban J connectivity index is 1.34. The molecule has 0 radical (unpaired) electrons. The molecule has 4 rings (SSSR count). The molecular weight excluding hydrogens is 296 g/mol. The average molecular weight is 320 g/mol. The molecule has 0 spiro atoms. The minimum atomic E-state index is 0.0298. The standard InChI is InChI=1S/C21H24N2O/c24-21(22-19-14-18(19)17-10-5-2-6-11-17)20-12-7-13-23(20)15-16-8-3-1-4-9-16/h1-6,8-11,18-20H,7,12-15H2,(H,22,24)/t18-,19+,20+/m0/s1. The number of nitrogens with zero attached hydrogens (tertiary/aromatic N) is 1. The Morgan fingerprint density at radius 2 is 1.75 bits per heavy atom. The minimum absolute atomic E-state index is 0.0298. The van der Waals surface area contributed by atoms with Crippen LogP contribution in [0.15, 0.2) is 60.7 Å². The summed E-state index contributed by atoms with van der Waals surface area (Å²) in [6, 6.07) is 21.3. The highest BCUT2D eigenvalue weighted by molar-refractivity contribution is 5.82. The lowest BCUT2D eigenvalue weighted by atomic mass is 10.1. The summed E-state index contributed by atoms with van der Waals surface area (Å²) in [6.45, 7) is 1.88. The third kappa shape index (κ3) is 3.36. The first kappa shape index (κ1) is 15.4. The number of rotatable bonds is 5. The molecule has 2 fully saturated rings. The van der Waals surface area contributed by atoms with Crippen molar-refractivity contribution in [3.05, 3.63) is 71.8 Å². The Kier molecular flexibility index (Phi) is 4.35. The van der Waals surface area contributed by atoms with Crippen LogP contribution in [0.2, 0.25) is 0 Å². The van der Waals surface area contributed by atoms with E-state index >= 15 is 0 Å². The highest BCUT2D eigenvalue weighted by Crippen LogP contribution is 2.40. The Bertz CT molecular complexity index is 685. The minimum Gasteiger partial charge on any atom is -0.351 e. The third-order valence-electron chi connectivity index (χ3n) is 5.24. The fraction of sp³-hybridized carbons (Fsp3) is 0.381. The van der Waals surface area contributed by atoms with E-state index in [1.54, 1.807) is 0 Å². The van der Waals surface area contributed by atoms with Crippen molar-refractivity contribution in [2.24, 2.45) is 0 Å². The molecule has 1 saturated carbocycles. The van der Waals surface area contributed by atoms with Gasteiger partial charge in [-0.25, -0.2) is 0 Å². The lowest BCUT2D eigenvalue weighted by molar-refractivity contribution is -0.125. The van der Waals surface area contributed by atoms with Crippen molar-refractivity contribution in [1.82, 2.24) is 10.2 Å². The molecule has 24 heavy (non-hydrogen) atoms. The van der Waals surface area contributed by atoms with E-state index in [0.717, 1.165) is 32.4 Å². The van der Waals surface area contributed by atoms with Gasteiger partial charge in [-0.3, -0.25) is 9.69 Å². The van der Waals surface area contributed by atoms with E-state index in [1.807, 2.05) is 12.1 Å². The van der Waals surface area contributed by atoms with E-state index in [2.05, 4.69) is 58.7 Å². The number of amides is 1. The number of benzene rings is 2. The second kappa shape index (κ2) is 6.78. The third-order valence-corrected chi connectivity index (χ3v) is 5.24. The van der Waals surface area contributed by atoms with Crippen molar-refractivity contribution >= 4 is 5.91 Å². The van der Waals surface area contributed by atoms with E-state index < -0.39 is 0 Å². The smallest absolute Gasteiger partial charge is 0.237 e. The second-order valence-electron chi connectivity index (χ2n) is 6.98. The molecule has 1 amide bonds. The Hall–Kier alpha value is -2.13. The van der Waals surface area contributed by atoms with Crippen LogP contribution in [0, 0.1) is 0 Å². The highest BCUT2D eigenvalue weighted by atomic mass is 16.2. The summed E-state index contributed by atoms with van der Waals surface area (Å²) in [6.07, 6.45) is 3.15. The zero-order chi connectivity index (χ0) is 16.4. The van der Waals surface area contributed by atoms with Crippen molar-refractivity contribution in [3.63, 3.8) is 0 Å². The van der Waals surface area contributed by atoms with Crippen LogP contribution < -0.4 is 5.32 Å². The number of carbonyl (C=O) groups excluding carboxylic acids is 1. The molecule has 3 atom stereocenters.